The number of nitrogens with zero attached hydrogens (tertiary/aromatic N) is 3. The van der Waals surface area contributed by atoms with Gasteiger partial charge in [0, 0.05) is 11.6 Å². The number of methoxy groups -OCH3 is 1. The van der Waals surface area contributed by atoms with Crippen molar-refractivity contribution < 1.29 is 14.3 Å². The number of carbonyl (C=O) groups is 1. The maximum atomic E-state index is 13.8. The molecule has 0 N–H and O–H groups in total. The van der Waals surface area contributed by atoms with Gasteiger partial charge in [-0.15, -0.1) is 0 Å². The molecular weight excluding hydrogens is 506 g/mol. The predicted molar refractivity (Wildman–Crippen MR) is 156 cm³/mol. The molecule has 2 atom stereocenters. The van der Waals surface area contributed by atoms with Crippen molar-refractivity contribution in [3.8, 4) is 17.6 Å². The van der Waals surface area contributed by atoms with E-state index in [1.807, 2.05) is 77.7 Å². The highest BCUT2D eigenvalue weighted by molar-refractivity contribution is 8.18. The molecule has 39 heavy (non-hydrogen) atoms. The Morgan fingerprint density at radius 3 is 2.59 bits per heavy atom. The maximum absolute atomic E-state index is 13.8. The molecule has 0 radical (unpaired) electrons. The van der Waals surface area contributed by atoms with E-state index >= 15 is 0 Å². The first-order valence-electron chi connectivity index (χ1n) is 13.2. The summed E-state index contributed by atoms with van der Waals surface area (Å²) in [4.78, 5) is 21.2. The third-order valence-corrected chi connectivity index (χ3v) is 8.21. The zero-order chi connectivity index (χ0) is 27.2. The molecule has 1 amide bonds. The fourth-order valence-electron chi connectivity index (χ4n) is 5.11. The number of rotatable bonds is 7. The molecule has 0 aromatic heterocycles. The van der Waals surface area contributed by atoms with E-state index in [1.165, 1.54) is 18.2 Å². The number of benzene rings is 3. The van der Waals surface area contributed by atoms with E-state index in [0.717, 1.165) is 41.2 Å². The van der Waals surface area contributed by atoms with Crippen molar-refractivity contribution in [2.75, 3.05) is 7.11 Å². The van der Waals surface area contributed by atoms with Gasteiger partial charge in [0.2, 0.25) is 0 Å². The van der Waals surface area contributed by atoms with Crippen LogP contribution in [0.2, 0.25) is 0 Å². The molecule has 1 aliphatic heterocycles. The zero-order valence-electron chi connectivity index (χ0n) is 22.2. The number of amidine groups is 1. The first kappa shape index (κ1) is 26.6. The Morgan fingerprint density at radius 2 is 1.82 bits per heavy atom. The molecule has 0 spiro atoms. The van der Waals surface area contributed by atoms with E-state index in [9.17, 15) is 10.1 Å². The first-order chi connectivity index (χ1) is 19.1. The summed E-state index contributed by atoms with van der Waals surface area (Å²) in [6.45, 7) is 2.49. The highest BCUT2D eigenvalue weighted by atomic mass is 32.2. The number of hydrogen-bond donors (Lipinski definition) is 0. The van der Waals surface area contributed by atoms with Crippen molar-refractivity contribution in [3.05, 3.63) is 94.4 Å². The van der Waals surface area contributed by atoms with Crippen LogP contribution in [0.1, 0.15) is 49.3 Å². The number of aliphatic imine (C=N–C) groups is 1. The van der Waals surface area contributed by atoms with Gasteiger partial charge in [-0.05, 0) is 72.5 Å². The summed E-state index contributed by atoms with van der Waals surface area (Å²) >= 11 is 1.43. The molecule has 2 aliphatic rings. The Balaban J connectivity index is 1.41. The molecule has 0 unspecified atom stereocenters. The molecule has 1 aliphatic carbocycles. The highest BCUT2D eigenvalue weighted by Gasteiger charge is 2.41. The van der Waals surface area contributed by atoms with Crippen molar-refractivity contribution in [1.29, 1.82) is 5.26 Å². The largest absolute Gasteiger partial charge is 0.493 e. The van der Waals surface area contributed by atoms with Gasteiger partial charge in [0.1, 0.15) is 6.61 Å². The van der Waals surface area contributed by atoms with E-state index in [2.05, 4.69) is 13.0 Å². The summed E-state index contributed by atoms with van der Waals surface area (Å²) < 4.78 is 11.6. The summed E-state index contributed by atoms with van der Waals surface area (Å²) in [6, 6.07) is 25.1. The SMILES string of the molecule is COc1cc(/C=C2\SC(=Nc3ccccc3)N([C@H]3CCCC[C@H]3C)C2=O)ccc1OCc1ccccc1C#N. The Kier molecular flexibility index (Phi) is 8.33. The van der Waals surface area contributed by atoms with Crippen molar-refractivity contribution in [2.24, 2.45) is 10.9 Å². The number of carbonyl (C=O) groups excluding carboxylic acids is 1. The van der Waals surface area contributed by atoms with Gasteiger partial charge in [-0.2, -0.15) is 5.26 Å². The lowest BCUT2D eigenvalue weighted by Crippen LogP contribution is -2.44. The van der Waals surface area contributed by atoms with Crippen molar-refractivity contribution in [3.63, 3.8) is 0 Å². The minimum Gasteiger partial charge on any atom is -0.493 e. The Hall–Kier alpha value is -4.02. The van der Waals surface area contributed by atoms with Gasteiger partial charge in [0.15, 0.2) is 16.7 Å². The average molecular weight is 538 g/mol. The van der Waals surface area contributed by atoms with E-state index in [4.69, 9.17) is 14.5 Å². The summed E-state index contributed by atoms with van der Waals surface area (Å²) in [5.74, 6) is 1.55. The van der Waals surface area contributed by atoms with Crippen LogP contribution in [-0.2, 0) is 11.4 Å². The molecule has 198 valence electrons. The van der Waals surface area contributed by atoms with Crippen LogP contribution in [0.25, 0.3) is 6.08 Å². The molecule has 1 heterocycles. The summed E-state index contributed by atoms with van der Waals surface area (Å²) in [7, 11) is 1.59. The third kappa shape index (κ3) is 6.02. The second-order valence-corrected chi connectivity index (χ2v) is 10.8. The number of amides is 1. The highest BCUT2D eigenvalue weighted by Crippen LogP contribution is 2.40. The number of thioether (sulfide) groups is 1. The van der Waals surface area contributed by atoms with E-state index in [0.29, 0.717) is 27.9 Å². The Bertz CT molecular complexity index is 1440. The van der Waals surface area contributed by atoms with Gasteiger partial charge in [0.05, 0.1) is 29.3 Å². The van der Waals surface area contributed by atoms with Crippen LogP contribution >= 0.6 is 11.8 Å². The molecule has 1 saturated carbocycles. The van der Waals surface area contributed by atoms with Gasteiger partial charge in [-0.25, -0.2) is 4.99 Å². The zero-order valence-corrected chi connectivity index (χ0v) is 23.0. The minimum atomic E-state index is 0.000773. The number of para-hydroxylation sites is 1. The first-order valence-corrected chi connectivity index (χ1v) is 14.0. The second kappa shape index (κ2) is 12.2. The second-order valence-electron chi connectivity index (χ2n) is 9.81. The smallest absolute Gasteiger partial charge is 0.267 e. The number of ether oxygens (including phenoxy) is 2. The minimum absolute atomic E-state index is 0.000773. The lowest BCUT2D eigenvalue weighted by Gasteiger charge is -2.35. The fourth-order valence-corrected chi connectivity index (χ4v) is 6.15. The van der Waals surface area contributed by atoms with Crippen LogP contribution in [0.3, 0.4) is 0 Å². The van der Waals surface area contributed by atoms with Gasteiger partial charge >= 0.3 is 0 Å². The van der Waals surface area contributed by atoms with Crippen LogP contribution in [0.15, 0.2) is 82.7 Å². The Morgan fingerprint density at radius 1 is 1.05 bits per heavy atom. The summed E-state index contributed by atoms with van der Waals surface area (Å²) in [6.07, 6.45) is 6.34. The molecule has 1 saturated heterocycles. The van der Waals surface area contributed by atoms with Crippen LogP contribution in [-0.4, -0.2) is 29.1 Å². The molecule has 6 nitrogen and oxygen atoms in total. The van der Waals surface area contributed by atoms with Gasteiger partial charge in [0.25, 0.3) is 5.91 Å². The molecule has 2 fully saturated rings. The number of nitriles is 1. The quantitative estimate of drug-likeness (QED) is 0.295. The van der Waals surface area contributed by atoms with Gasteiger partial charge in [-0.3, -0.25) is 9.69 Å². The molecule has 0 bridgehead atoms. The standard InChI is InChI=1S/C32H31N3O3S/c1-22-10-6-9-15-27(22)35-31(36)30(39-32(35)34-26-13-4-3-5-14-26)19-23-16-17-28(29(18-23)37-2)38-21-25-12-8-7-11-24(25)20-33/h3-5,7-8,11-14,16-19,22,27H,6,9-10,15,21H2,1-2H3/b30-19-,34-32?/t22-,27+/m1/s1. The molecule has 3 aromatic rings. The van der Waals surface area contributed by atoms with Crippen molar-refractivity contribution >= 4 is 34.6 Å². The van der Waals surface area contributed by atoms with Crippen molar-refractivity contribution in [1.82, 2.24) is 4.90 Å². The lowest BCUT2D eigenvalue weighted by molar-refractivity contribution is -0.124. The topological polar surface area (TPSA) is 74.9 Å². The van der Waals surface area contributed by atoms with Crippen LogP contribution in [0.5, 0.6) is 11.5 Å². The maximum Gasteiger partial charge on any atom is 0.267 e. The molecular formula is C32H31N3O3S. The summed E-state index contributed by atoms with van der Waals surface area (Å²) in [5, 5.41) is 10.1. The van der Waals surface area contributed by atoms with Crippen LogP contribution in [0.4, 0.5) is 5.69 Å². The van der Waals surface area contributed by atoms with Gasteiger partial charge < -0.3 is 9.47 Å². The fraction of sp³-hybridized carbons (Fsp3) is 0.281. The Labute approximate surface area is 234 Å². The normalized spacial score (nSPS) is 21.3. The van der Waals surface area contributed by atoms with Crippen molar-refractivity contribution in [2.45, 2.75) is 45.3 Å². The monoisotopic (exact) mass is 537 g/mol. The lowest BCUT2D eigenvalue weighted by atomic mass is 9.85. The molecule has 3 aromatic carbocycles. The van der Waals surface area contributed by atoms with E-state index in [-0.39, 0.29) is 18.6 Å². The molecule has 5 rings (SSSR count). The van der Waals surface area contributed by atoms with E-state index < -0.39 is 0 Å². The van der Waals surface area contributed by atoms with E-state index in [1.54, 1.807) is 13.2 Å². The molecule has 7 heteroatoms. The predicted octanol–water partition coefficient (Wildman–Crippen LogP) is 7.33. The third-order valence-electron chi connectivity index (χ3n) is 7.22. The average Bonchev–Trinajstić information content (AvgIpc) is 3.26. The summed E-state index contributed by atoms with van der Waals surface area (Å²) in [5.41, 5.74) is 3.07. The number of hydrogen-bond acceptors (Lipinski definition) is 6. The van der Waals surface area contributed by atoms with Crippen LogP contribution < -0.4 is 9.47 Å². The van der Waals surface area contributed by atoms with Gasteiger partial charge in [-0.1, -0.05) is 62.2 Å². The van der Waals surface area contributed by atoms with Crippen LogP contribution in [0, 0.1) is 17.2 Å².